The quantitative estimate of drug-likeness (QED) is 0.229. The maximum absolute atomic E-state index is 9.46. The molecule has 3 heteroatoms. The van der Waals surface area contributed by atoms with Crippen LogP contribution in [0, 0.1) is 18.3 Å². The summed E-state index contributed by atoms with van der Waals surface area (Å²) in [5.74, 6) is 0. The van der Waals surface area contributed by atoms with Crippen LogP contribution in [0.5, 0.6) is 0 Å². The van der Waals surface area contributed by atoms with E-state index in [4.69, 9.17) is 4.42 Å². The molecule has 1 aliphatic carbocycles. The zero-order valence-corrected chi connectivity index (χ0v) is 22.0. The first-order chi connectivity index (χ1) is 18.4. The zero-order valence-electron chi connectivity index (χ0n) is 22.0. The SMILES string of the molecule is Cc1ccc2c(oc3c(-c4ccc5c(c4)C(C)(C)c4ccc(C#N)cc4-5)cccc32)c1-c1cccc[n+]1C. The van der Waals surface area contributed by atoms with Gasteiger partial charge in [0.1, 0.15) is 18.2 Å². The molecule has 4 aromatic carbocycles. The van der Waals surface area contributed by atoms with Gasteiger partial charge in [-0.1, -0.05) is 62.4 Å². The first kappa shape index (κ1) is 22.5. The molecule has 0 bridgehead atoms. The van der Waals surface area contributed by atoms with E-state index in [1.54, 1.807) is 0 Å². The van der Waals surface area contributed by atoms with E-state index in [-0.39, 0.29) is 5.41 Å². The zero-order chi connectivity index (χ0) is 26.2. The number of nitrogens with zero attached hydrogens (tertiary/aromatic N) is 2. The van der Waals surface area contributed by atoms with E-state index in [0.29, 0.717) is 5.56 Å². The number of fused-ring (bicyclic) bond motifs is 6. The Hall–Kier alpha value is -4.68. The Morgan fingerprint density at radius 3 is 2.42 bits per heavy atom. The first-order valence-electron chi connectivity index (χ1n) is 13.0. The van der Waals surface area contributed by atoms with Gasteiger partial charge in [-0.05, 0) is 64.6 Å². The molecule has 0 amide bonds. The van der Waals surface area contributed by atoms with Crippen molar-refractivity contribution in [3.05, 3.63) is 113 Å². The molecule has 38 heavy (non-hydrogen) atoms. The van der Waals surface area contributed by atoms with Crippen LogP contribution < -0.4 is 4.57 Å². The Labute approximate surface area is 222 Å². The third kappa shape index (κ3) is 3.04. The fourth-order valence-corrected chi connectivity index (χ4v) is 6.28. The smallest absolute Gasteiger partial charge is 0.216 e. The summed E-state index contributed by atoms with van der Waals surface area (Å²) in [6.45, 7) is 6.68. The molecule has 2 aromatic heterocycles. The molecule has 0 spiro atoms. The number of hydrogen-bond acceptors (Lipinski definition) is 2. The lowest BCUT2D eigenvalue weighted by molar-refractivity contribution is -0.660. The predicted octanol–water partition coefficient (Wildman–Crippen LogP) is 8.23. The van der Waals surface area contributed by atoms with Crippen LogP contribution in [0.2, 0.25) is 0 Å². The molecule has 0 radical (unpaired) electrons. The fourth-order valence-electron chi connectivity index (χ4n) is 6.28. The molecule has 0 saturated heterocycles. The Morgan fingerprint density at radius 2 is 1.61 bits per heavy atom. The molecular formula is C35H27N2O+. The van der Waals surface area contributed by atoms with Gasteiger partial charge >= 0.3 is 0 Å². The van der Waals surface area contributed by atoms with Crippen LogP contribution in [0.3, 0.4) is 0 Å². The van der Waals surface area contributed by atoms with Crippen molar-refractivity contribution >= 4 is 21.9 Å². The molecule has 0 aliphatic heterocycles. The molecule has 2 heterocycles. The summed E-state index contributed by atoms with van der Waals surface area (Å²) in [7, 11) is 2.07. The van der Waals surface area contributed by atoms with Crippen molar-refractivity contribution in [3.63, 3.8) is 0 Å². The van der Waals surface area contributed by atoms with Crippen LogP contribution in [-0.4, -0.2) is 0 Å². The Kier molecular flexibility index (Phi) is 4.68. The van der Waals surface area contributed by atoms with Crippen molar-refractivity contribution in [3.8, 4) is 39.6 Å². The monoisotopic (exact) mass is 491 g/mol. The summed E-state index contributed by atoms with van der Waals surface area (Å²) in [6, 6.07) is 32.1. The Balaban J connectivity index is 1.46. The highest BCUT2D eigenvalue weighted by atomic mass is 16.3. The molecule has 3 nitrogen and oxygen atoms in total. The summed E-state index contributed by atoms with van der Waals surface area (Å²) in [5.41, 5.74) is 13.0. The number of nitriles is 1. The third-order valence-electron chi connectivity index (χ3n) is 8.30. The van der Waals surface area contributed by atoms with Gasteiger partial charge in [0.15, 0.2) is 6.20 Å². The minimum atomic E-state index is -0.150. The highest BCUT2D eigenvalue weighted by Gasteiger charge is 2.36. The normalized spacial score (nSPS) is 13.4. The van der Waals surface area contributed by atoms with Gasteiger partial charge in [-0.3, -0.25) is 0 Å². The second kappa shape index (κ2) is 7.91. The molecule has 6 aromatic rings. The molecule has 7 rings (SSSR count). The topological polar surface area (TPSA) is 40.8 Å². The summed E-state index contributed by atoms with van der Waals surface area (Å²) in [4.78, 5) is 0. The number of para-hydroxylation sites is 1. The lowest BCUT2D eigenvalue weighted by Crippen LogP contribution is -2.30. The van der Waals surface area contributed by atoms with Crippen LogP contribution in [-0.2, 0) is 12.5 Å². The maximum Gasteiger partial charge on any atom is 0.216 e. The average molecular weight is 492 g/mol. The van der Waals surface area contributed by atoms with Crippen molar-refractivity contribution in [1.82, 2.24) is 0 Å². The molecule has 0 N–H and O–H groups in total. The molecule has 0 atom stereocenters. The van der Waals surface area contributed by atoms with Crippen molar-refractivity contribution in [2.24, 2.45) is 7.05 Å². The van der Waals surface area contributed by atoms with Crippen molar-refractivity contribution < 1.29 is 8.98 Å². The van der Waals surface area contributed by atoms with Gasteiger partial charge in [-0.25, -0.2) is 4.57 Å². The van der Waals surface area contributed by atoms with Gasteiger partial charge in [-0.2, -0.15) is 5.26 Å². The minimum absolute atomic E-state index is 0.150. The van der Waals surface area contributed by atoms with E-state index < -0.39 is 0 Å². The van der Waals surface area contributed by atoms with Crippen molar-refractivity contribution in [2.75, 3.05) is 0 Å². The molecule has 182 valence electrons. The van der Waals surface area contributed by atoms with E-state index in [2.05, 4.69) is 111 Å². The number of benzene rings is 4. The van der Waals surface area contributed by atoms with Crippen LogP contribution in [0.25, 0.3) is 55.4 Å². The lowest BCUT2D eigenvalue weighted by Gasteiger charge is -2.22. The number of aryl methyl sites for hydroxylation is 2. The van der Waals surface area contributed by atoms with Crippen molar-refractivity contribution in [1.29, 1.82) is 5.26 Å². The van der Waals surface area contributed by atoms with Crippen LogP contribution in [0.4, 0.5) is 0 Å². The van der Waals surface area contributed by atoms with E-state index >= 15 is 0 Å². The number of hydrogen-bond donors (Lipinski definition) is 0. The second-order valence-electron chi connectivity index (χ2n) is 10.9. The van der Waals surface area contributed by atoms with E-state index in [0.717, 1.165) is 49.9 Å². The first-order valence-corrected chi connectivity index (χ1v) is 13.0. The number of aromatic nitrogens is 1. The van der Waals surface area contributed by atoms with E-state index in [1.807, 2.05) is 18.2 Å². The highest BCUT2D eigenvalue weighted by Crippen LogP contribution is 2.50. The fraction of sp³-hybridized carbons (Fsp3) is 0.143. The lowest BCUT2D eigenvalue weighted by atomic mass is 9.81. The number of furan rings is 1. The average Bonchev–Trinajstić information content (AvgIpc) is 3.41. The summed E-state index contributed by atoms with van der Waals surface area (Å²) in [6.07, 6.45) is 2.07. The molecule has 1 aliphatic rings. The van der Waals surface area contributed by atoms with Gasteiger partial charge < -0.3 is 4.42 Å². The van der Waals surface area contributed by atoms with Gasteiger partial charge in [-0.15, -0.1) is 0 Å². The van der Waals surface area contributed by atoms with Crippen LogP contribution in [0.15, 0.2) is 95.5 Å². The van der Waals surface area contributed by atoms with Crippen LogP contribution in [0.1, 0.15) is 36.1 Å². The minimum Gasteiger partial charge on any atom is -0.454 e. The maximum atomic E-state index is 9.46. The molecule has 0 unspecified atom stereocenters. The molecular weight excluding hydrogens is 464 g/mol. The van der Waals surface area contributed by atoms with Gasteiger partial charge in [0.05, 0.1) is 17.2 Å². The Bertz CT molecular complexity index is 1980. The van der Waals surface area contributed by atoms with Crippen molar-refractivity contribution in [2.45, 2.75) is 26.2 Å². The predicted molar refractivity (Wildman–Crippen MR) is 153 cm³/mol. The largest absolute Gasteiger partial charge is 0.454 e. The molecule has 0 saturated carbocycles. The van der Waals surface area contributed by atoms with Gasteiger partial charge in [0.2, 0.25) is 5.69 Å². The van der Waals surface area contributed by atoms with Gasteiger partial charge in [0.25, 0.3) is 0 Å². The summed E-state index contributed by atoms with van der Waals surface area (Å²) >= 11 is 0. The van der Waals surface area contributed by atoms with Crippen LogP contribution >= 0.6 is 0 Å². The third-order valence-corrected chi connectivity index (χ3v) is 8.30. The van der Waals surface area contributed by atoms with Gasteiger partial charge in [0, 0.05) is 33.9 Å². The summed E-state index contributed by atoms with van der Waals surface area (Å²) in [5, 5.41) is 11.7. The van der Waals surface area contributed by atoms with E-state index in [9.17, 15) is 5.26 Å². The number of rotatable bonds is 2. The number of pyridine rings is 1. The Morgan fingerprint density at radius 1 is 0.763 bits per heavy atom. The second-order valence-corrected chi connectivity index (χ2v) is 10.9. The standard InChI is InChI=1S/C35H27N2O/c1-21-11-14-27-26-9-7-8-24(33(26)38-34(27)32(21)31-10-5-6-17-37(31)4)23-13-15-25-28-18-22(20-36)12-16-29(28)35(2,3)30(25)19-23/h5-19H,1-4H3/q+1. The molecule has 0 fully saturated rings. The summed E-state index contributed by atoms with van der Waals surface area (Å²) < 4.78 is 8.92. The highest BCUT2D eigenvalue weighted by molar-refractivity contribution is 6.13. The van der Waals surface area contributed by atoms with E-state index in [1.165, 1.54) is 22.3 Å².